The topological polar surface area (TPSA) is 42.3 Å². The van der Waals surface area contributed by atoms with Crippen molar-refractivity contribution in [2.75, 3.05) is 47.8 Å². The molecule has 0 aromatic rings. The fourth-order valence-corrected chi connectivity index (χ4v) is 2.09. The largest absolute Gasteiger partial charge is 0.309 e. The first-order valence-electron chi connectivity index (χ1n) is 6.93. The van der Waals surface area contributed by atoms with E-state index in [-0.39, 0.29) is 5.54 Å². The highest BCUT2D eigenvalue weighted by Gasteiger charge is 2.24. The molecule has 0 radical (unpaired) electrons. The van der Waals surface area contributed by atoms with Crippen molar-refractivity contribution in [3.63, 3.8) is 0 Å². The Morgan fingerprint density at radius 1 is 1.11 bits per heavy atom. The van der Waals surface area contributed by atoms with Crippen molar-refractivity contribution in [3.05, 3.63) is 0 Å². The molecule has 4 heteroatoms. The zero-order chi connectivity index (χ0) is 14.0. The van der Waals surface area contributed by atoms with E-state index in [1.54, 1.807) is 0 Å². The Morgan fingerprint density at radius 3 is 2.17 bits per heavy atom. The molecular formula is C14H30N4. The first kappa shape index (κ1) is 17.4. The van der Waals surface area contributed by atoms with E-state index in [4.69, 9.17) is 0 Å². The molecule has 0 saturated carbocycles. The van der Waals surface area contributed by atoms with Crippen LogP contribution < -0.4 is 5.32 Å². The summed E-state index contributed by atoms with van der Waals surface area (Å²) in [6.45, 7) is 5.40. The summed E-state index contributed by atoms with van der Waals surface area (Å²) in [5, 5.41) is 12.4. The van der Waals surface area contributed by atoms with Crippen LogP contribution in [0.15, 0.2) is 0 Å². The summed E-state index contributed by atoms with van der Waals surface area (Å²) in [6, 6.07) is 2.41. The van der Waals surface area contributed by atoms with Gasteiger partial charge in [-0.15, -0.1) is 0 Å². The van der Waals surface area contributed by atoms with Crippen LogP contribution in [0.25, 0.3) is 0 Å². The normalized spacial score (nSPS) is 14.8. The smallest absolute Gasteiger partial charge is 0.106 e. The van der Waals surface area contributed by atoms with Gasteiger partial charge in [0.25, 0.3) is 0 Å². The van der Waals surface area contributed by atoms with Gasteiger partial charge in [0.2, 0.25) is 0 Å². The van der Waals surface area contributed by atoms with E-state index in [2.05, 4.69) is 49.3 Å². The summed E-state index contributed by atoms with van der Waals surface area (Å²) in [7, 11) is 8.26. The fraction of sp³-hybridized carbons (Fsp3) is 0.929. The molecule has 18 heavy (non-hydrogen) atoms. The lowest BCUT2D eigenvalue weighted by Crippen LogP contribution is -2.41. The Bertz CT molecular complexity index is 241. The molecule has 106 valence electrons. The number of nitrogens with one attached hydrogen (secondary N) is 1. The lowest BCUT2D eigenvalue weighted by atomic mass is 9.92. The van der Waals surface area contributed by atoms with Crippen molar-refractivity contribution in [1.29, 1.82) is 5.26 Å². The molecule has 0 aliphatic rings. The average Bonchev–Trinajstić information content (AvgIpc) is 2.35. The Labute approximate surface area is 113 Å². The van der Waals surface area contributed by atoms with Crippen LogP contribution in [0, 0.1) is 11.3 Å². The monoisotopic (exact) mass is 254 g/mol. The maximum absolute atomic E-state index is 9.21. The van der Waals surface area contributed by atoms with Gasteiger partial charge in [0.05, 0.1) is 6.07 Å². The molecular weight excluding hydrogens is 224 g/mol. The summed E-state index contributed by atoms with van der Waals surface area (Å²) < 4.78 is 0. The van der Waals surface area contributed by atoms with E-state index in [9.17, 15) is 5.26 Å². The maximum atomic E-state index is 9.21. The van der Waals surface area contributed by atoms with Gasteiger partial charge in [-0.3, -0.25) is 0 Å². The van der Waals surface area contributed by atoms with E-state index in [0.717, 1.165) is 38.9 Å². The quantitative estimate of drug-likeness (QED) is 0.642. The molecule has 1 atom stereocenters. The summed E-state index contributed by atoms with van der Waals surface area (Å²) in [5.41, 5.74) is -0.329. The number of rotatable bonds is 10. The van der Waals surface area contributed by atoms with Crippen LogP contribution in [-0.2, 0) is 0 Å². The minimum absolute atomic E-state index is 0.329. The van der Waals surface area contributed by atoms with E-state index in [1.165, 1.54) is 6.42 Å². The van der Waals surface area contributed by atoms with Crippen LogP contribution in [0.5, 0.6) is 0 Å². The minimum atomic E-state index is -0.329. The lowest BCUT2D eigenvalue weighted by molar-refractivity contribution is 0.280. The third-order valence-corrected chi connectivity index (χ3v) is 3.58. The van der Waals surface area contributed by atoms with Crippen LogP contribution in [-0.4, -0.2) is 63.2 Å². The van der Waals surface area contributed by atoms with Gasteiger partial charge < -0.3 is 15.1 Å². The molecule has 0 amide bonds. The summed E-state index contributed by atoms with van der Waals surface area (Å²) in [5.74, 6) is 0. The van der Waals surface area contributed by atoms with Crippen LogP contribution in [0.1, 0.15) is 32.6 Å². The predicted molar refractivity (Wildman–Crippen MR) is 77.6 cm³/mol. The van der Waals surface area contributed by atoms with E-state index in [0.29, 0.717) is 0 Å². The molecule has 0 fully saturated rings. The molecule has 1 unspecified atom stereocenters. The van der Waals surface area contributed by atoms with Crippen molar-refractivity contribution >= 4 is 0 Å². The Balaban J connectivity index is 3.79. The van der Waals surface area contributed by atoms with Crippen molar-refractivity contribution in [2.24, 2.45) is 0 Å². The Hall–Kier alpha value is -0.630. The first-order valence-corrected chi connectivity index (χ1v) is 6.93. The van der Waals surface area contributed by atoms with Gasteiger partial charge in [0, 0.05) is 0 Å². The molecule has 0 rings (SSSR count). The van der Waals surface area contributed by atoms with Crippen molar-refractivity contribution in [2.45, 2.75) is 38.1 Å². The molecule has 0 aromatic heterocycles. The third kappa shape index (κ3) is 6.95. The second-order valence-corrected chi connectivity index (χ2v) is 5.36. The second-order valence-electron chi connectivity index (χ2n) is 5.36. The van der Waals surface area contributed by atoms with Crippen molar-refractivity contribution < 1.29 is 0 Å². The molecule has 0 spiro atoms. The number of nitriles is 1. The fourth-order valence-electron chi connectivity index (χ4n) is 2.09. The van der Waals surface area contributed by atoms with Crippen LogP contribution >= 0.6 is 0 Å². The van der Waals surface area contributed by atoms with Gasteiger partial charge in [-0.25, -0.2) is 0 Å². The lowest BCUT2D eigenvalue weighted by Gasteiger charge is -2.26. The van der Waals surface area contributed by atoms with Gasteiger partial charge >= 0.3 is 0 Å². The van der Waals surface area contributed by atoms with Gasteiger partial charge in [-0.05, 0) is 73.5 Å². The first-order chi connectivity index (χ1) is 8.49. The summed E-state index contributed by atoms with van der Waals surface area (Å²) in [4.78, 5) is 4.57. The molecule has 0 bridgehead atoms. The number of hydrogen-bond donors (Lipinski definition) is 1. The van der Waals surface area contributed by atoms with Gasteiger partial charge in [-0.1, -0.05) is 6.92 Å². The zero-order valence-electron chi connectivity index (χ0n) is 12.8. The minimum Gasteiger partial charge on any atom is -0.309 e. The highest BCUT2D eigenvalue weighted by atomic mass is 15.1. The summed E-state index contributed by atoms with van der Waals surface area (Å²) in [6.07, 6.45) is 4.06. The van der Waals surface area contributed by atoms with E-state index < -0.39 is 0 Å². The molecule has 1 N–H and O–H groups in total. The van der Waals surface area contributed by atoms with Gasteiger partial charge in [0.1, 0.15) is 5.54 Å². The van der Waals surface area contributed by atoms with E-state index >= 15 is 0 Å². The van der Waals surface area contributed by atoms with Crippen LogP contribution in [0.2, 0.25) is 0 Å². The van der Waals surface area contributed by atoms with Gasteiger partial charge in [-0.2, -0.15) is 5.26 Å². The van der Waals surface area contributed by atoms with Gasteiger partial charge in [0.15, 0.2) is 0 Å². The molecule has 4 nitrogen and oxygen atoms in total. The maximum Gasteiger partial charge on any atom is 0.106 e. The Kier molecular flexibility index (Phi) is 8.99. The van der Waals surface area contributed by atoms with Crippen LogP contribution in [0.3, 0.4) is 0 Å². The van der Waals surface area contributed by atoms with Crippen molar-refractivity contribution in [1.82, 2.24) is 15.1 Å². The number of hydrogen-bond acceptors (Lipinski definition) is 4. The summed E-state index contributed by atoms with van der Waals surface area (Å²) >= 11 is 0. The van der Waals surface area contributed by atoms with Crippen LogP contribution in [0.4, 0.5) is 0 Å². The molecule has 0 aliphatic carbocycles. The highest BCUT2D eigenvalue weighted by Crippen LogP contribution is 2.16. The molecule has 0 aliphatic heterocycles. The van der Waals surface area contributed by atoms with E-state index in [1.807, 2.05) is 7.05 Å². The second kappa shape index (κ2) is 9.32. The van der Waals surface area contributed by atoms with Crippen molar-refractivity contribution in [3.8, 4) is 6.07 Å². The number of nitrogens with zero attached hydrogens (tertiary/aromatic N) is 3. The zero-order valence-corrected chi connectivity index (χ0v) is 12.8. The predicted octanol–water partition coefficient (Wildman–Crippen LogP) is 1.54. The highest BCUT2D eigenvalue weighted by molar-refractivity contribution is 5.05. The average molecular weight is 254 g/mol. The Morgan fingerprint density at radius 2 is 1.72 bits per heavy atom. The third-order valence-electron chi connectivity index (χ3n) is 3.58. The molecule has 0 heterocycles. The SMILES string of the molecule is CCC(C#N)(CCCN(C)CCCN(C)C)NC. The molecule has 0 saturated heterocycles. The molecule has 0 aromatic carbocycles. The standard InChI is InChI=1S/C14H30N4/c1-6-14(13-15,16-2)9-7-11-18(5)12-8-10-17(3)4/h16H,6-12H2,1-5H3.